The average Bonchev–Trinajstić information content (AvgIpc) is 3.14. The van der Waals surface area contributed by atoms with Crippen LogP contribution >= 0.6 is 22.7 Å². The highest BCUT2D eigenvalue weighted by Gasteiger charge is 2.14. The van der Waals surface area contributed by atoms with E-state index in [1.807, 2.05) is 12.3 Å². The van der Waals surface area contributed by atoms with Crippen molar-refractivity contribution in [2.24, 2.45) is 0 Å². The van der Waals surface area contributed by atoms with Crippen molar-refractivity contribution >= 4 is 38.8 Å². The number of carbonyl (C=O) groups is 1. The van der Waals surface area contributed by atoms with E-state index >= 15 is 0 Å². The molecule has 0 bridgehead atoms. The summed E-state index contributed by atoms with van der Waals surface area (Å²) in [4.78, 5) is 23.7. The number of hydrogen-bond donors (Lipinski definition) is 2. The first-order valence-corrected chi connectivity index (χ1v) is 9.98. The Morgan fingerprint density at radius 1 is 1.25 bits per heavy atom. The highest BCUT2D eigenvalue weighted by atomic mass is 32.1. The summed E-state index contributed by atoms with van der Waals surface area (Å²) in [6.07, 6.45) is 4.01. The number of nitrogens with zero attached hydrogens (tertiary/aromatic N) is 3. The maximum atomic E-state index is 11.2. The van der Waals surface area contributed by atoms with Crippen LogP contribution < -0.4 is 10.6 Å². The van der Waals surface area contributed by atoms with Crippen LogP contribution in [0.3, 0.4) is 0 Å². The Hall–Kier alpha value is -1.51. The predicted molar refractivity (Wildman–Crippen MR) is 101 cm³/mol. The molecule has 0 spiro atoms. The van der Waals surface area contributed by atoms with E-state index in [0.29, 0.717) is 5.13 Å². The number of likely N-dealkylation sites (tertiary alicyclic amines) is 1. The van der Waals surface area contributed by atoms with Gasteiger partial charge in [-0.3, -0.25) is 4.79 Å². The average molecular weight is 366 g/mol. The van der Waals surface area contributed by atoms with E-state index in [1.54, 1.807) is 11.3 Å². The summed E-state index contributed by atoms with van der Waals surface area (Å²) in [6, 6.07) is 0. The highest BCUT2D eigenvalue weighted by molar-refractivity contribution is 7.19. The molecule has 1 aliphatic rings. The van der Waals surface area contributed by atoms with Crippen molar-refractivity contribution in [3.05, 3.63) is 11.1 Å². The molecule has 0 unspecified atom stereocenters. The van der Waals surface area contributed by atoms with Gasteiger partial charge < -0.3 is 15.5 Å². The van der Waals surface area contributed by atoms with E-state index in [0.717, 1.165) is 34.5 Å². The predicted octanol–water partition coefficient (Wildman–Crippen LogP) is 3.43. The van der Waals surface area contributed by atoms with Crippen LogP contribution in [0.2, 0.25) is 0 Å². The number of amides is 1. The molecular formula is C16H23N5OS2. The smallest absolute Gasteiger partial charge is 0.223 e. The first kappa shape index (κ1) is 17.3. The van der Waals surface area contributed by atoms with E-state index in [9.17, 15) is 4.79 Å². The topological polar surface area (TPSA) is 70.2 Å². The molecule has 8 heteroatoms. The minimum Gasteiger partial charge on any atom is -0.360 e. The van der Waals surface area contributed by atoms with Gasteiger partial charge in [-0.05, 0) is 32.9 Å². The number of aryl methyl sites for hydroxylation is 1. The quantitative estimate of drug-likeness (QED) is 0.821. The molecule has 2 aromatic heterocycles. The van der Waals surface area contributed by atoms with Crippen LogP contribution in [0, 0.1) is 6.92 Å². The van der Waals surface area contributed by atoms with E-state index < -0.39 is 0 Å². The van der Waals surface area contributed by atoms with Gasteiger partial charge in [-0.1, -0.05) is 17.8 Å². The molecule has 0 aliphatic carbocycles. The largest absolute Gasteiger partial charge is 0.360 e. The second-order valence-electron chi connectivity index (χ2n) is 5.98. The normalized spacial score (nSPS) is 15.4. The first-order valence-electron chi connectivity index (χ1n) is 8.29. The van der Waals surface area contributed by atoms with Crippen molar-refractivity contribution in [3.8, 4) is 10.6 Å². The molecule has 1 saturated heterocycles. The maximum absolute atomic E-state index is 11.2. The van der Waals surface area contributed by atoms with Crippen LogP contribution in [0.5, 0.6) is 0 Å². The lowest BCUT2D eigenvalue weighted by atomic mass is 10.1. The summed E-state index contributed by atoms with van der Waals surface area (Å²) in [5.41, 5.74) is 1.82. The molecule has 0 atom stereocenters. The summed E-state index contributed by atoms with van der Waals surface area (Å²) in [6.45, 7) is 7.87. The molecule has 0 radical (unpaired) electrons. The van der Waals surface area contributed by atoms with Crippen LogP contribution in [-0.4, -0.2) is 47.0 Å². The summed E-state index contributed by atoms with van der Waals surface area (Å²) in [5, 5.41) is 9.77. The van der Waals surface area contributed by atoms with E-state index in [2.05, 4.69) is 25.5 Å². The standard InChI is InChI=1S/C16H23N5OS2/c1-11-14(24-16(18-11)19-12(2)22)13-10-23-15(20-13)17-6-9-21-7-4-3-5-8-21/h10H,3-9H2,1-2H3,(H,17,20)(H,18,19,22). The Morgan fingerprint density at radius 3 is 2.79 bits per heavy atom. The van der Waals surface area contributed by atoms with Crippen LogP contribution in [0.25, 0.3) is 10.6 Å². The van der Waals surface area contributed by atoms with Crippen LogP contribution in [0.4, 0.5) is 10.3 Å². The number of anilines is 2. The number of rotatable bonds is 6. The third kappa shape index (κ3) is 4.52. The number of aromatic nitrogens is 2. The first-order chi connectivity index (χ1) is 11.6. The van der Waals surface area contributed by atoms with Crippen molar-refractivity contribution < 1.29 is 4.79 Å². The number of carbonyl (C=O) groups excluding carboxylic acids is 1. The zero-order valence-electron chi connectivity index (χ0n) is 14.1. The van der Waals surface area contributed by atoms with Gasteiger partial charge in [-0.15, -0.1) is 11.3 Å². The Labute approximate surface area is 150 Å². The minimum atomic E-state index is -0.103. The molecule has 1 amide bonds. The van der Waals surface area contributed by atoms with Gasteiger partial charge in [0.05, 0.1) is 16.3 Å². The van der Waals surface area contributed by atoms with Crippen molar-refractivity contribution in [3.63, 3.8) is 0 Å². The van der Waals surface area contributed by atoms with Gasteiger partial charge in [0.2, 0.25) is 5.91 Å². The lowest BCUT2D eigenvalue weighted by molar-refractivity contribution is -0.114. The van der Waals surface area contributed by atoms with Crippen molar-refractivity contribution in [1.29, 1.82) is 0 Å². The number of nitrogens with one attached hydrogen (secondary N) is 2. The lowest BCUT2D eigenvalue weighted by Gasteiger charge is -2.26. The van der Waals surface area contributed by atoms with Crippen molar-refractivity contribution in [2.45, 2.75) is 33.1 Å². The second-order valence-corrected chi connectivity index (χ2v) is 7.84. The van der Waals surface area contributed by atoms with Gasteiger partial charge in [-0.2, -0.15) is 0 Å². The number of hydrogen-bond acceptors (Lipinski definition) is 7. The fourth-order valence-corrected chi connectivity index (χ4v) is 4.58. The van der Waals surface area contributed by atoms with E-state index in [1.165, 1.54) is 50.6 Å². The third-order valence-corrected chi connectivity index (χ3v) is 5.86. The van der Waals surface area contributed by atoms with Gasteiger partial charge in [-0.25, -0.2) is 9.97 Å². The van der Waals surface area contributed by atoms with Crippen LogP contribution in [0.15, 0.2) is 5.38 Å². The van der Waals surface area contributed by atoms with Gasteiger partial charge in [0, 0.05) is 25.4 Å². The summed E-state index contributed by atoms with van der Waals surface area (Å²) in [5.74, 6) is -0.103. The van der Waals surface area contributed by atoms with Crippen LogP contribution in [0.1, 0.15) is 31.9 Å². The summed E-state index contributed by atoms with van der Waals surface area (Å²) < 4.78 is 0. The Bertz CT molecular complexity index is 690. The van der Waals surface area contributed by atoms with Gasteiger partial charge in [0.1, 0.15) is 0 Å². The fraction of sp³-hybridized carbons (Fsp3) is 0.562. The Morgan fingerprint density at radius 2 is 2.04 bits per heavy atom. The van der Waals surface area contributed by atoms with E-state index in [4.69, 9.17) is 0 Å². The molecule has 0 saturated carbocycles. The lowest BCUT2D eigenvalue weighted by Crippen LogP contribution is -2.33. The summed E-state index contributed by atoms with van der Waals surface area (Å²) in [7, 11) is 0. The molecule has 0 aromatic carbocycles. The molecule has 130 valence electrons. The molecule has 1 fully saturated rings. The van der Waals surface area contributed by atoms with Crippen LogP contribution in [-0.2, 0) is 4.79 Å². The molecule has 1 aliphatic heterocycles. The van der Waals surface area contributed by atoms with Gasteiger partial charge in [0.15, 0.2) is 10.3 Å². The molecule has 6 nitrogen and oxygen atoms in total. The molecule has 2 N–H and O–H groups in total. The Balaban J connectivity index is 1.56. The second kappa shape index (κ2) is 8.04. The molecule has 3 rings (SSSR count). The zero-order chi connectivity index (χ0) is 16.9. The van der Waals surface area contributed by atoms with Gasteiger partial charge >= 0.3 is 0 Å². The third-order valence-electron chi connectivity index (χ3n) is 3.97. The molecule has 2 aromatic rings. The number of thiazole rings is 2. The molecular weight excluding hydrogens is 342 g/mol. The van der Waals surface area contributed by atoms with E-state index in [-0.39, 0.29) is 5.91 Å². The Kier molecular flexibility index (Phi) is 5.80. The highest BCUT2D eigenvalue weighted by Crippen LogP contribution is 2.34. The molecule has 3 heterocycles. The van der Waals surface area contributed by atoms with Gasteiger partial charge in [0.25, 0.3) is 0 Å². The maximum Gasteiger partial charge on any atom is 0.223 e. The fourth-order valence-electron chi connectivity index (χ4n) is 2.80. The SMILES string of the molecule is CC(=O)Nc1nc(C)c(-c2csc(NCCN3CCCCC3)n2)s1. The molecule has 24 heavy (non-hydrogen) atoms. The van der Waals surface area contributed by atoms with Crippen molar-refractivity contribution in [1.82, 2.24) is 14.9 Å². The monoisotopic (exact) mass is 365 g/mol. The number of piperidine rings is 1. The summed E-state index contributed by atoms with van der Waals surface area (Å²) >= 11 is 3.08. The minimum absolute atomic E-state index is 0.103. The zero-order valence-corrected chi connectivity index (χ0v) is 15.7. The van der Waals surface area contributed by atoms with Crippen molar-refractivity contribution in [2.75, 3.05) is 36.8 Å².